The summed E-state index contributed by atoms with van der Waals surface area (Å²) in [5, 5.41) is 2.82. The molecule has 2 N–H and O–H groups in total. The molecule has 3 aromatic carbocycles. The van der Waals surface area contributed by atoms with Gasteiger partial charge >= 0.3 is 0 Å². The van der Waals surface area contributed by atoms with Gasteiger partial charge in [0.1, 0.15) is 5.82 Å². The molecule has 4 aromatic rings. The summed E-state index contributed by atoms with van der Waals surface area (Å²) >= 11 is 0. The van der Waals surface area contributed by atoms with E-state index in [0.717, 1.165) is 31.5 Å². The third-order valence-corrected chi connectivity index (χ3v) is 7.49. The average Bonchev–Trinajstić information content (AvgIpc) is 2.90. The van der Waals surface area contributed by atoms with Gasteiger partial charge in [-0.15, -0.1) is 0 Å². The van der Waals surface area contributed by atoms with Crippen LogP contribution >= 0.6 is 0 Å². The molecule has 1 aliphatic heterocycles. The minimum absolute atomic E-state index is 0.0785. The Labute approximate surface area is 210 Å². The van der Waals surface area contributed by atoms with Crippen LogP contribution in [-0.4, -0.2) is 25.9 Å². The number of hydrogen-bond acceptors (Lipinski definition) is 5. The number of nitrogens with zero attached hydrogens (tertiary/aromatic N) is 2. The molecule has 0 aliphatic carbocycles. The van der Waals surface area contributed by atoms with Crippen molar-refractivity contribution in [2.24, 2.45) is 0 Å². The van der Waals surface area contributed by atoms with Crippen LogP contribution in [0.3, 0.4) is 0 Å². The number of carbonyl (C=O) groups excluding carboxylic acids is 1. The Balaban J connectivity index is 1.21. The van der Waals surface area contributed by atoms with E-state index in [4.69, 9.17) is 0 Å². The fraction of sp³-hybridized carbons (Fsp3) is 0.143. The normalized spacial score (nSPS) is 13.1. The van der Waals surface area contributed by atoms with Crippen molar-refractivity contribution in [2.45, 2.75) is 24.3 Å². The van der Waals surface area contributed by atoms with E-state index >= 15 is 0 Å². The number of carbonyl (C=O) groups is 1. The van der Waals surface area contributed by atoms with Crippen molar-refractivity contribution in [3.63, 3.8) is 0 Å². The molecule has 1 amide bonds. The fourth-order valence-corrected chi connectivity index (χ4v) is 5.31. The van der Waals surface area contributed by atoms with Crippen molar-refractivity contribution < 1.29 is 13.2 Å². The first-order chi connectivity index (χ1) is 17.5. The maximum absolute atomic E-state index is 12.7. The molecule has 0 saturated carbocycles. The van der Waals surface area contributed by atoms with E-state index in [-0.39, 0.29) is 16.6 Å². The summed E-state index contributed by atoms with van der Waals surface area (Å²) in [6, 6.07) is 27.1. The molecule has 5 rings (SSSR count). The summed E-state index contributed by atoms with van der Waals surface area (Å²) in [4.78, 5) is 19.2. The molecule has 0 saturated heterocycles. The summed E-state index contributed by atoms with van der Waals surface area (Å²) in [6.45, 7) is 1.81. The Morgan fingerprint density at radius 1 is 0.889 bits per heavy atom. The Kier molecular flexibility index (Phi) is 6.69. The summed E-state index contributed by atoms with van der Waals surface area (Å²) in [5.74, 6) is -0.0186. The zero-order chi connectivity index (χ0) is 25.0. The largest absolute Gasteiger partial charge is 0.367 e. The fourth-order valence-electron chi connectivity index (χ4n) is 4.30. The summed E-state index contributed by atoms with van der Waals surface area (Å²) in [5.41, 5.74) is 4.84. The average molecular weight is 499 g/mol. The van der Waals surface area contributed by atoms with Gasteiger partial charge in [0.25, 0.3) is 15.9 Å². The van der Waals surface area contributed by atoms with E-state index in [1.165, 1.54) is 29.6 Å². The molecule has 0 radical (unpaired) electrons. The Bertz CT molecular complexity index is 1460. The molecule has 1 aromatic heterocycles. The molecular formula is C28H26N4O3S. The van der Waals surface area contributed by atoms with Crippen LogP contribution in [0.4, 0.5) is 17.2 Å². The topological polar surface area (TPSA) is 91.4 Å². The van der Waals surface area contributed by atoms with E-state index in [2.05, 4.69) is 44.2 Å². The maximum atomic E-state index is 12.7. The van der Waals surface area contributed by atoms with Gasteiger partial charge in [0.2, 0.25) is 0 Å². The van der Waals surface area contributed by atoms with Crippen LogP contribution in [0.15, 0.2) is 102 Å². The summed E-state index contributed by atoms with van der Waals surface area (Å²) in [7, 11) is -3.78. The van der Waals surface area contributed by atoms with Gasteiger partial charge in [-0.2, -0.15) is 0 Å². The number of anilines is 3. The highest BCUT2D eigenvalue weighted by Crippen LogP contribution is 2.28. The van der Waals surface area contributed by atoms with Crippen molar-refractivity contribution >= 4 is 33.1 Å². The van der Waals surface area contributed by atoms with Crippen molar-refractivity contribution in [3.05, 3.63) is 114 Å². The smallest absolute Gasteiger partial charge is 0.263 e. The van der Waals surface area contributed by atoms with Crippen LogP contribution < -0.4 is 14.9 Å². The first-order valence-electron chi connectivity index (χ1n) is 11.7. The number of aromatic nitrogens is 1. The highest BCUT2D eigenvalue weighted by atomic mass is 32.2. The van der Waals surface area contributed by atoms with Gasteiger partial charge in [-0.1, -0.05) is 36.4 Å². The van der Waals surface area contributed by atoms with Crippen LogP contribution in [0.2, 0.25) is 0 Å². The second kappa shape index (κ2) is 10.2. The van der Waals surface area contributed by atoms with Gasteiger partial charge in [-0.25, -0.2) is 13.4 Å². The molecular weight excluding hydrogens is 472 g/mol. The lowest BCUT2D eigenvalue weighted by Gasteiger charge is -2.31. The van der Waals surface area contributed by atoms with Crippen LogP contribution in [0.1, 0.15) is 27.9 Å². The lowest BCUT2D eigenvalue weighted by molar-refractivity contribution is 0.102. The minimum atomic E-state index is -3.78. The predicted molar refractivity (Wildman–Crippen MR) is 142 cm³/mol. The van der Waals surface area contributed by atoms with Crippen LogP contribution in [-0.2, 0) is 23.0 Å². The molecule has 0 fully saturated rings. The number of fused-ring (bicyclic) bond motifs is 1. The number of pyridine rings is 1. The molecule has 0 spiro atoms. The number of benzene rings is 3. The Morgan fingerprint density at radius 2 is 1.64 bits per heavy atom. The zero-order valence-electron chi connectivity index (χ0n) is 19.6. The van der Waals surface area contributed by atoms with Gasteiger partial charge in [-0.05, 0) is 78.6 Å². The van der Waals surface area contributed by atoms with Gasteiger partial charge in [0.15, 0.2) is 0 Å². The maximum Gasteiger partial charge on any atom is 0.263 e. The number of rotatable bonds is 7. The number of amides is 1. The zero-order valence-corrected chi connectivity index (χ0v) is 20.4. The van der Waals surface area contributed by atoms with Crippen LogP contribution in [0.25, 0.3) is 0 Å². The van der Waals surface area contributed by atoms with E-state index in [1.54, 1.807) is 30.3 Å². The standard InChI is InChI=1S/C28H26N4O3S/c33-28(30-24-14-16-25(17-15-24)36(34,35)31-27-9-3-4-18-29-27)23-12-10-21(11-13-23)20-32-19-5-7-22-6-1-2-8-26(22)32/h1-4,6,8-18H,5,7,19-20H2,(H,29,31)(H,30,33). The Morgan fingerprint density at radius 3 is 2.39 bits per heavy atom. The summed E-state index contributed by atoms with van der Waals surface area (Å²) < 4.78 is 27.5. The van der Waals surface area contributed by atoms with E-state index in [0.29, 0.717) is 11.3 Å². The minimum Gasteiger partial charge on any atom is -0.367 e. The molecule has 182 valence electrons. The molecule has 0 bridgehead atoms. The number of para-hydroxylation sites is 1. The van der Waals surface area contributed by atoms with E-state index in [1.807, 2.05) is 24.3 Å². The van der Waals surface area contributed by atoms with Gasteiger partial charge < -0.3 is 10.2 Å². The second-order valence-corrected chi connectivity index (χ2v) is 10.3. The third kappa shape index (κ3) is 5.39. The monoisotopic (exact) mass is 498 g/mol. The molecule has 36 heavy (non-hydrogen) atoms. The van der Waals surface area contributed by atoms with Crippen molar-refractivity contribution in [2.75, 3.05) is 21.5 Å². The molecule has 0 unspecified atom stereocenters. The van der Waals surface area contributed by atoms with Crippen molar-refractivity contribution in [1.29, 1.82) is 0 Å². The molecule has 1 aliphatic rings. The van der Waals surface area contributed by atoms with Gasteiger partial charge in [-0.3, -0.25) is 9.52 Å². The lowest BCUT2D eigenvalue weighted by atomic mass is 10.0. The molecule has 7 nitrogen and oxygen atoms in total. The first-order valence-corrected chi connectivity index (χ1v) is 13.2. The Hall–Kier alpha value is -4.17. The van der Waals surface area contributed by atoms with Crippen molar-refractivity contribution in [3.8, 4) is 0 Å². The number of aryl methyl sites for hydroxylation is 1. The van der Waals surface area contributed by atoms with E-state index in [9.17, 15) is 13.2 Å². The van der Waals surface area contributed by atoms with Crippen LogP contribution in [0, 0.1) is 0 Å². The third-order valence-electron chi connectivity index (χ3n) is 6.12. The highest BCUT2D eigenvalue weighted by molar-refractivity contribution is 7.92. The molecule has 8 heteroatoms. The van der Waals surface area contributed by atoms with Crippen molar-refractivity contribution in [1.82, 2.24) is 4.98 Å². The molecule has 0 atom stereocenters. The lowest BCUT2D eigenvalue weighted by Crippen LogP contribution is -2.28. The highest BCUT2D eigenvalue weighted by Gasteiger charge is 2.17. The van der Waals surface area contributed by atoms with Crippen LogP contribution in [0.5, 0.6) is 0 Å². The first kappa shape index (κ1) is 23.6. The van der Waals surface area contributed by atoms with Gasteiger partial charge in [0.05, 0.1) is 4.90 Å². The number of nitrogens with one attached hydrogen (secondary N) is 2. The quantitative estimate of drug-likeness (QED) is 0.370. The second-order valence-electron chi connectivity index (χ2n) is 8.65. The van der Waals surface area contributed by atoms with E-state index < -0.39 is 10.0 Å². The predicted octanol–water partition coefficient (Wildman–Crippen LogP) is 5.09. The SMILES string of the molecule is O=C(Nc1ccc(S(=O)(=O)Nc2ccccn2)cc1)c1ccc(CN2CCCc3ccccc32)cc1. The summed E-state index contributed by atoms with van der Waals surface area (Å²) in [6.07, 6.45) is 3.76. The van der Waals surface area contributed by atoms with Gasteiger partial charge in [0, 0.05) is 36.2 Å². The molecule has 2 heterocycles. The number of sulfonamides is 1. The number of hydrogen-bond donors (Lipinski definition) is 2.